The van der Waals surface area contributed by atoms with Crippen LogP contribution in [-0.2, 0) is 0 Å². The van der Waals surface area contributed by atoms with Gasteiger partial charge in [-0.2, -0.15) is 0 Å². The van der Waals surface area contributed by atoms with E-state index in [1.54, 1.807) is 23.1 Å². The Bertz CT molecular complexity index is 638. The van der Waals surface area contributed by atoms with Crippen LogP contribution in [0, 0.1) is 6.92 Å². The van der Waals surface area contributed by atoms with Gasteiger partial charge in [-0.15, -0.1) is 0 Å². The van der Waals surface area contributed by atoms with Gasteiger partial charge in [0.2, 0.25) is 0 Å². The molecule has 3 nitrogen and oxygen atoms in total. The molecule has 1 amide bonds. The highest BCUT2D eigenvalue weighted by atomic mass is 35.5. The molecular weight excluding hydrogens is 284 g/mol. The number of nitrogens with zero attached hydrogens (tertiary/aromatic N) is 1. The van der Waals surface area contributed by atoms with Crippen molar-refractivity contribution in [3.05, 3.63) is 58.6 Å². The predicted molar refractivity (Wildman–Crippen MR) is 89.0 cm³/mol. The molecule has 0 bridgehead atoms. The number of carbonyl (C=O) groups excluding carboxylic acids is 1. The van der Waals surface area contributed by atoms with Crippen molar-refractivity contribution >= 4 is 28.9 Å². The van der Waals surface area contributed by atoms with Crippen LogP contribution in [0.5, 0.6) is 0 Å². The number of nitrogen functional groups attached to an aromatic ring is 1. The van der Waals surface area contributed by atoms with E-state index in [0.29, 0.717) is 22.8 Å². The summed E-state index contributed by atoms with van der Waals surface area (Å²) in [6, 6.07) is 12.8. The van der Waals surface area contributed by atoms with E-state index in [-0.39, 0.29) is 5.91 Å². The molecule has 0 atom stereocenters. The molecule has 0 aliphatic heterocycles. The van der Waals surface area contributed by atoms with E-state index in [4.69, 9.17) is 17.3 Å². The molecule has 2 rings (SSSR count). The first-order valence-corrected chi connectivity index (χ1v) is 7.35. The summed E-state index contributed by atoms with van der Waals surface area (Å²) in [4.78, 5) is 14.5. The molecule has 2 N–H and O–H groups in total. The number of amides is 1. The molecule has 0 aliphatic carbocycles. The lowest BCUT2D eigenvalue weighted by Crippen LogP contribution is -2.32. The monoisotopic (exact) mass is 302 g/mol. The normalized spacial score (nSPS) is 10.4. The van der Waals surface area contributed by atoms with E-state index in [1.807, 2.05) is 38.1 Å². The van der Waals surface area contributed by atoms with Crippen LogP contribution in [0.25, 0.3) is 0 Å². The van der Waals surface area contributed by atoms with E-state index < -0.39 is 0 Å². The van der Waals surface area contributed by atoms with Gasteiger partial charge in [-0.3, -0.25) is 4.79 Å². The summed E-state index contributed by atoms with van der Waals surface area (Å²) in [5, 5.41) is 0.513. The van der Waals surface area contributed by atoms with E-state index in [0.717, 1.165) is 17.7 Å². The number of nitrogens with two attached hydrogens (primary N) is 1. The van der Waals surface area contributed by atoms with Crippen molar-refractivity contribution in [2.75, 3.05) is 17.2 Å². The lowest BCUT2D eigenvalue weighted by atomic mass is 10.1. The van der Waals surface area contributed by atoms with Crippen LogP contribution < -0.4 is 10.6 Å². The first-order chi connectivity index (χ1) is 10.0. The van der Waals surface area contributed by atoms with Crippen LogP contribution in [0.2, 0.25) is 5.02 Å². The maximum Gasteiger partial charge on any atom is 0.259 e. The second-order valence-corrected chi connectivity index (χ2v) is 5.36. The maximum absolute atomic E-state index is 12.8. The fourth-order valence-electron chi connectivity index (χ4n) is 2.18. The number of benzene rings is 2. The highest BCUT2D eigenvalue weighted by Crippen LogP contribution is 2.25. The molecule has 21 heavy (non-hydrogen) atoms. The Hall–Kier alpha value is -2.00. The van der Waals surface area contributed by atoms with Gasteiger partial charge in [0, 0.05) is 17.9 Å². The lowest BCUT2D eigenvalue weighted by Gasteiger charge is -2.23. The van der Waals surface area contributed by atoms with Crippen LogP contribution in [-0.4, -0.2) is 12.5 Å². The number of halogens is 1. The standard InChI is InChI=1S/C17H19ClN2O/c1-3-11-20(14-9-7-13(19)8-10-14)17(21)15-6-4-5-12(2)16(15)18/h4-10H,3,11,19H2,1-2H3. The summed E-state index contributed by atoms with van der Waals surface area (Å²) in [6.45, 7) is 4.56. The molecule has 0 saturated carbocycles. The average Bonchev–Trinajstić information content (AvgIpc) is 2.48. The summed E-state index contributed by atoms with van der Waals surface area (Å²) >= 11 is 6.28. The van der Waals surface area contributed by atoms with Gasteiger partial charge in [-0.05, 0) is 49.2 Å². The van der Waals surface area contributed by atoms with Crippen LogP contribution in [0.3, 0.4) is 0 Å². The number of rotatable bonds is 4. The lowest BCUT2D eigenvalue weighted by molar-refractivity contribution is 0.0987. The van der Waals surface area contributed by atoms with E-state index in [2.05, 4.69) is 0 Å². The average molecular weight is 303 g/mol. The molecule has 0 aromatic heterocycles. The Kier molecular flexibility index (Phi) is 4.86. The Morgan fingerprint density at radius 3 is 2.48 bits per heavy atom. The molecule has 0 aliphatic rings. The minimum atomic E-state index is -0.0877. The summed E-state index contributed by atoms with van der Waals surface area (Å²) in [5.41, 5.74) is 8.64. The molecule has 0 unspecified atom stereocenters. The highest BCUT2D eigenvalue weighted by Gasteiger charge is 2.20. The molecule has 110 valence electrons. The molecule has 4 heteroatoms. The van der Waals surface area contributed by atoms with Crippen molar-refractivity contribution in [3.63, 3.8) is 0 Å². The first-order valence-electron chi connectivity index (χ1n) is 6.97. The first kappa shape index (κ1) is 15.4. The van der Waals surface area contributed by atoms with Gasteiger partial charge in [0.15, 0.2) is 0 Å². The Balaban J connectivity index is 2.40. The van der Waals surface area contributed by atoms with E-state index in [1.165, 1.54) is 0 Å². The van der Waals surface area contributed by atoms with Crippen molar-refractivity contribution in [1.29, 1.82) is 0 Å². The number of carbonyl (C=O) groups is 1. The molecule has 0 fully saturated rings. The van der Waals surface area contributed by atoms with Crippen LogP contribution >= 0.6 is 11.6 Å². The van der Waals surface area contributed by atoms with Crippen LogP contribution in [0.15, 0.2) is 42.5 Å². The van der Waals surface area contributed by atoms with Gasteiger partial charge < -0.3 is 10.6 Å². The number of aryl methyl sites for hydroxylation is 1. The zero-order valence-corrected chi connectivity index (χ0v) is 13.0. The van der Waals surface area contributed by atoms with E-state index >= 15 is 0 Å². The van der Waals surface area contributed by atoms with Gasteiger partial charge >= 0.3 is 0 Å². The molecule has 0 saturated heterocycles. The molecule has 0 spiro atoms. The van der Waals surface area contributed by atoms with Crippen molar-refractivity contribution in [3.8, 4) is 0 Å². The molecule has 2 aromatic carbocycles. The largest absolute Gasteiger partial charge is 0.399 e. The number of hydrogen-bond donors (Lipinski definition) is 1. The SMILES string of the molecule is CCCN(C(=O)c1cccc(C)c1Cl)c1ccc(N)cc1. The fraction of sp³-hybridized carbons (Fsp3) is 0.235. The van der Waals surface area contributed by atoms with Gasteiger partial charge in [0.05, 0.1) is 10.6 Å². The zero-order valence-electron chi connectivity index (χ0n) is 12.3. The molecular formula is C17H19ClN2O. The van der Waals surface area contributed by atoms with Crippen LogP contribution in [0.1, 0.15) is 29.3 Å². The summed E-state index contributed by atoms with van der Waals surface area (Å²) in [6.07, 6.45) is 0.861. The van der Waals surface area contributed by atoms with Gasteiger partial charge in [-0.1, -0.05) is 30.7 Å². The smallest absolute Gasteiger partial charge is 0.259 e. The van der Waals surface area contributed by atoms with Crippen molar-refractivity contribution in [2.24, 2.45) is 0 Å². The van der Waals surface area contributed by atoms with Crippen molar-refractivity contribution in [2.45, 2.75) is 20.3 Å². The van der Waals surface area contributed by atoms with Gasteiger partial charge in [0.1, 0.15) is 0 Å². The van der Waals surface area contributed by atoms with Crippen molar-refractivity contribution in [1.82, 2.24) is 0 Å². The van der Waals surface area contributed by atoms with Crippen molar-refractivity contribution < 1.29 is 4.79 Å². The molecule has 0 radical (unpaired) electrons. The second-order valence-electron chi connectivity index (χ2n) is 4.98. The van der Waals surface area contributed by atoms with Crippen LogP contribution in [0.4, 0.5) is 11.4 Å². The zero-order chi connectivity index (χ0) is 15.4. The van der Waals surface area contributed by atoms with Gasteiger partial charge in [0.25, 0.3) is 5.91 Å². The number of anilines is 2. The summed E-state index contributed by atoms with van der Waals surface area (Å²) in [7, 11) is 0. The third-order valence-corrected chi connectivity index (χ3v) is 3.82. The third-order valence-electron chi connectivity index (χ3n) is 3.32. The Morgan fingerprint density at radius 2 is 1.86 bits per heavy atom. The quantitative estimate of drug-likeness (QED) is 0.857. The Morgan fingerprint density at radius 1 is 1.19 bits per heavy atom. The second kappa shape index (κ2) is 6.64. The Labute approximate surface area is 130 Å². The highest BCUT2D eigenvalue weighted by molar-refractivity contribution is 6.35. The minimum absolute atomic E-state index is 0.0877. The fourth-order valence-corrected chi connectivity index (χ4v) is 2.39. The maximum atomic E-state index is 12.8. The topological polar surface area (TPSA) is 46.3 Å². The summed E-state index contributed by atoms with van der Waals surface area (Å²) < 4.78 is 0. The third kappa shape index (κ3) is 3.37. The predicted octanol–water partition coefficient (Wildman–Crippen LogP) is 4.29. The minimum Gasteiger partial charge on any atom is -0.399 e. The molecule has 0 heterocycles. The molecule has 2 aromatic rings. The summed E-state index contributed by atoms with van der Waals surface area (Å²) in [5.74, 6) is -0.0877. The number of hydrogen-bond acceptors (Lipinski definition) is 2. The van der Waals surface area contributed by atoms with E-state index in [9.17, 15) is 4.79 Å². The van der Waals surface area contributed by atoms with Gasteiger partial charge in [-0.25, -0.2) is 0 Å².